The van der Waals surface area contributed by atoms with Crippen LogP contribution in [0.1, 0.15) is 23.6 Å². The van der Waals surface area contributed by atoms with Crippen molar-refractivity contribution < 1.29 is 4.79 Å². The van der Waals surface area contributed by atoms with Crippen LogP contribution < -0.4 is 5.32 Å². The lowest BCUT2D eigenvalue weighted by molar-refractivity contribution is -0.110. The lowest BCUT2D eigenvalue weighted by Gasteiger charge is -2.04. The molecule has 29 heavy (non-hydrogen) atoms. The fourth-order valence-electron chi connectivity index (χ4n) is 4.31. The summed E-state index contributed by atoms with van der Waals surface area (Å²) < 4.78 is 2.33. The third-order valence-corrected chi connectivity index (χ3v) is 5.86. The summed E-state index contributed by atoms with van der Waals surface area (Å²) in [7, 11) is 0. The summed E-state index contributed by atoms with van der Waals surface area (Å²) >= 11 is 5.90. The molecule has 5 rings (SSSR count). The number of hydrogen-bond acceptors (Lipinski definition) is 1. The van der Waals surface area contributed by atoms with Crippen LogP contribution in [0, 0.1) is 0 Å². The van der Waals surface area contributed by atoms with E-state index in [2.05, 4.69) is 65.3 Å². The molecule has 0 unspecified atom stereocenters. The van der Waals surface area contributed by atoms with E-state index in [0.29, 0.717) is 11.5 Å². The number of aromatic nitrogens is 1. The zero-order valence-corrected chi connectivity index (χ0v) is 17.0. The number of nitrogens with zero attached hydrogens (tertiary/aromatic N) is 1. The van der Waals surface area contributed by atoms with Crippen LogP contribution >= 0.6 is 11.6 Å². The molecule has 0 bridgehead atoms. The SMILES string of the molecule is CCn1c2ccccc2c2cc(C=C3C(=O)Nc4ccc(CCCl)cc43)ccc21. The van der Waals surface area contributed by atoms with Crippen LogP contribution in [0.2, 0.25) is 0 Å². The summed E-state index contributed by atoms with van der Waals surface area (Å²) in [5.41, 5.74) is 7.15. The third kappa shape index (κ3) is 2.93. The van der Waals surface area contributed by atoms with Crippen molar-refractivity contribution in [1.82, 2.24) is 4.57 Å². The van der Waals surface area contributed by atoms with Crippen molar-refractivity contribution >= 4 is 56.7 Å². The average Bonchev–Trinajstić information content (AvgIpc) is 3.22. The molecular weight excluding hydrogens is 380 g/mol. The number of carbonyl (C=O) groups excluding carboxylic acids is 1. The second-order valence-corrected chi connectivity index (χ2v) is 7.75. The molecule has 1 amide bonds. The molecule has 4 heteroatoms. The summed E-state index contributed by atoms with van der Waals surface area (Å²) in [4.78, 5) is 12.6. The molecule has 0 saturated carbocycles. The lowest BCUT2D eigenvalue weighted by Crippen LogP contribution is -2.03. The molecule has 0 radical (unpaired) electrons. The Balaban J connectivity index is 1.66. The Kier molecular flexibility index (Phi) is 4.40. The number of benzene rings is 3. The highest BCUT2D eigenvalue weighted by molar-refractivity contribution is 6.35. The highest BCUT2D eigenvalue weighted by Gasteiger charge is 2.24. The Labute approximate surface area is 174 Å². The Morgan fingerprint density at radius 1 is 1.00 bits per heavy atom. The van der Waals surface area contributed by atoms with Crippen LogP contribution in [0.3, 0.4) is 0 Å². The van der Waals surface area contributed by atoms with E-state index in [0.717, 1.165) is 35.3 Å². The van der Waals surface area contributed by atoms with Crippen LogP contribution in [-0.2, 0) is 17.8 Å². The summed E-state index contributed by atoms with van der Waals surface area (Å²) in [6, 6.07) is 21.0. The third-order valence-electron chi connectivity index (χ3n) is 5.67. The second kappa shape index (κ2) is 7.09. The maximum atomic E-state index is 12.6. The van der Waals surface area contributed by atoms with E-state index in [1.807, 2.05) is 18.2 Å². The van der Waals surface area contributed by atoms with Crippen molar-refractivity contribution in [3.63, 3.8) is 0 Å². The number of fused-ring (bicyclic) bond motifs is 4. The predicted molar refractivity (Wildman–Crippen MR) is 122 cm³/mol. The van der Waals surface area contributed by atoms with Gasteiger partial charge in [0, 0.05) is 51.1 Å². The molecule has 144 valence electrons. The average molecular weight is 401 g/mol. The number of aryl methyl sites for hydroxylation is 2. The van der Waals surface area contributed by atoms with Crippen LogP contribution in [0.25, 0.3) is 33.5 Å². The van der Waals surface area contributed by atoms with Gasteiger partial charge >= 0.3 is 0 Å². The van der Waals surface area contributed by atoms with Crippen molar-refractivity contribution in [2.45, 2.75) is 19.9 Å². The molecule has 1 aromatic heterocycles. The monoisotopic (exact) mass is 400 g/mol. The Morgan fingerprint density at radius 3 is 2.66 bits per heavy atom. The minimum absolute atomic E-state index is 0.0564. The molecule has 2 heterocycles. The first-order valence-electron chi connectivity index (χ1n) is 9.93. The number of para-hydroxylation sites is 1. The zero-order valence-electron chi connectivity index (χ0n) is 16.2. The van der Waals surface area contributed by atoms with Crippen molar-refractivity contribution in [2.24, 2.45) is 0 Å². The molecule has 1 aliphatic heterocycles. The maximum absolute atomic E-state index is 12.6. The van der Waals surface area contributed by atoms with Crippen molar-refractivity contribution in [3.8, 4) is 0 Å². The number of hydrogen-bond donors (Lipinski definition) is 1. The number of halogens is 1. The number of anilines is 1. The van der Waals surface area contributed by atoms with E-state index in [-0.39, 0.29) is 5.91 Å². The summed E-state index contributed by atoms with van der Waals surface area (Å²) in [5, 5.41) is 5.43. The predicted octanol–water partition coefficient (Wildman–Crippen LogP) is 6.09. The van der Waals surface area contributed by atoms with Gasteiger partial charge in [-0.05, 0) is 60.9 Å². The van der Waals surface area contributed by atoms with Gasteiger partial charge in [-0.1, -0.05) is 30.3 Å². The molecule has 3 aromatic carbocycles. The maximum Gasteiger partial charge on any atom is 0.256 e. The molecule has 0 saturated heterocycles. The molecule has 1 aliphatic rings. The number of carbonyl (C=O) groups is 1. The first-order valence-corrected chi connectivity index (χ1v) is 10.5. The van der Waals surface area contributed by atoms with Crippen LogP contribution in [0.4, 0.5) is 5.69 Å². The highest BCUT2D eigenvalue weighted by Crippen LogP contribution is 2.35. The first-order chi connectivity index (χ1) is 14.2. The van der Waals surface area contributed by atoms with Gasteiger partial charge in [0.05, 0.1) is 0 Å². The van der Waals surface area contributed by atoms with Gasteiger partial charge in [-0.2, -0.15) is 0 Å². The topological polar surface area (TPSA) is 34.0 Å². The largest absolute Gasteiger partial charge is 0.341 e. The normalized spacial score (nSPS) is 14.7. The van der Waals surface area contributed by atoms with E-state index in [1.165, 1.54) is 21.8 Å². The van der Waals surface area contributed by atoms with E-state index < -0.39 is 0 Å². The van der Waals surface area contributed by atoms with E-state index in [9.17, 15) is 4.79 Å². The standard InChI is InChI=1S/C25H21ClN2O/c1-2-28-23-6-4-3-5-18(23)20-14-17(8-10-24(20)28)15-21-19-13-16(11-12-26)7-9-22(19)27-25(21)29/h3-10,13-15H,2,11-12H2,1H3,(H,27,29). The van der Waals surface area contributed by atoms with Gasteiger partial charge in [0.25, 0.3) is 5.91 Å². The molecule has 0 fully saturated rings. The van der Waals surface area contributed by atoms with Crippen LogP contribution in [0.15, 0.2) is 60.7 Å². The Bertz CT molecular complexity index is 1300. The van der Waals surface area contributed by atoms with Crippen LogP contribution in [0.5, 0.6) is 0 Å². The van der Waals surface area contributed by atoms with E-state index in [4.69, 9.17) is 11.6 Å². The number of amides is 1. The Morgan fingerprint density at radius 2 is 1.83 bits per heavy atom. The quantitative estimate of drug-likeness (QED) is 0.326. The number of rotatable bonds is 4. The summed E-state index contributed by atoms with van der Waals surface area (Å²) in [5.74, 6) is 0.510. The minimum atomic E-state index is -0.0564. The van der Waals surface area contributed by atoms with Crippen LogP contribution in [-0.4, -0.2) is 16.4 Å². The zero-order chi connectivity index (χ0) is 20.0. The minimum Gasteiger partial charge on any atom is -0.341 e. The lowest BCUT2D eigenvalue weighted by atomic mass is 10.00. The summed E-state index contributed by atoms with van der Waals surface area (Å²) in [6.45, 7) is 3.09. The Hall–Kier alpha value is -3.04. The molecule has 1 N–H and O–H groups in total. The van der Waals surface area contributed by atoms with Gasteiger partial charge in [0.2, 0.25) is 0 Å². The van der Waals surface area contributed by atoms with Gasteiger partial charge < -0.3 is 9.88 Å². The molecular formula is C25H21ClN2O. The molecule has 0 atom stereocenters. The van der Waals surface area contributed by atoms with Crippen molar-refractivity contribution in [3.05, 3.63) is 77.4 Å². The smallest absolute Gasteiger partial charge is 0.256 e. The molecule has 4 aromatic rings. The van der Waals surface area contributed by atoms with Crippen molar-refractivity contribution in [2.75, 3.05) is 11.2 Å². The van der Waals surface area contributed by atoms with Gasteiger partial charge in [-0.15, -0.1) is 11.6 Å². The molecule has 0 spiro atoms. The van der Waals surface area contributed by atoms with Gasteiger partial charge in [-0.25, -0.2) is 0 Å². The van der Waals surface area contributed by atoms with E-state index in [1.54, 1.807) is 0 Å². The molecule has 3 nitrogen and oxygen atoms in total. The second-order valence-electron chi connectivity index (χ2n) is 7.37. The van der Waals surface area contributed by atoms with Gasteiger partial charge in [0.1, 0.15) is 0 Å². The fourth-order valence-corrected chi connectivity index (χ4v) is 4.53. The summed E-state index contributed by atoms with van der Waals surface area (Å²) in [6.07, 6.45) is 2.78. The van der Waals surface area contributed by atoms with Gasteiger partial charge in [-0.3, -0.25) is 4.79 Å². The highest BCUT2D eigenvalue weighted by atomic mass is 35.5. The number of nitrogens with one attached hydrogen (secondary N) is 1. The van der Waals surface area contributed by atoms with Crippen molar-refractivity contribution in [1.29, 1.82) is 0 Å². The molecule has 0 aliphatic carbocycles. The fraction of sp³-hybridized carbons (Fsp3) is 0.160. The van der Waals surface area contributed by atoms with Gasteiger partial charge in [0.15, 0.2) is 0 Å². The first kappa shape index (κ1) is 18.0. The number of alkyl halides is 1. The van der Waals surface area contributed by atoms with E-state index >= 15 is 0 Å².